The van der Waals surface area contributed by atoms with Gasteiger partial charge in [0, 0.05) is 0 Å². The number of esters is 1. The Labute approximate surface area is 94.2 Å². The highest BCUT2D eigenvalue weighted by molar-refractivity contribution is 6.33. The third-order valence-electron chi connectivity index (χ3n) is 1.96. The van der Waals surface area contributed by atoms with E-state index in [-0.39, 0.29) is 5.97 Å². The number of hydrogen-bond acceptors (Lipinski definition) is 3. The van der Waals surface area contributed by atoms with E-state index < -0.39 is 0 Å². The molecule has 2 N–H and O–H groups in total. The van der Waals surface area contributed by atoms with Crippen molar-refractivity contribution in [2.45, 2.75) is 19.8 Å². The van der Waals surface area contributed by atoms with Crippen molar-refractivity contribution in [3.63, 3.8) is 0 Å². The maximum absolute atomic E-state index is 11.5. The van der Waals surface area contributed by atoms with Gasteiger partial charge in [0.25, 0.3) is 0 Å². The fraction of sp³-hybridized carbons (Fsp3) is 0.364. The van der Waals surface area contributed by atoms with Crippen LogP contribution in [0.4, 0.5) is 5.69 Å². The van der Waals surface area contributed by atoms with Crippen LogP contribution in [-0.2, 0) is 4.74 Å². The first-order valence-corrected chi connectivity index (χ1v) is 5.25. The number of hydrogen-bond donors (Lipinski definition) is 1. The van der Waals surface area contributed by atoms with E-state index in [1.165, 1.54) is 6.07 Å². The van der Waals surface area contributed by atoms with Crippen LogP contribution in [-0.4, -0.2) is 12.6 Å². The van der Waals surface area contributed by atoms with E-state index in [0.717, 1.165) is 12.8 Å². The van der Waals surface area contributed by atoms with Crippen LogP contribution in [0.5, 0.6) is 0 Å². The minimum atomic E-state index is -0.355. The summed E-state index contributed by atoms with van der Waals surface area (Å²) in [6.07, 6.45) is 1.87. The van der Waals surface area contributed by atoms with Crippen LogP contribution in [0.15, 0.2) is 18.2 Å². The number of nitrogen functional groups attached to an aromatic ring is 1. The summed E-state index contributed by atoms with van der Waals surface area (Å²) in [5.41, 5.74) is 6.40. The van der Waals surface area contributed by atoms with E-state index in [1.807, 2.05) is 6.92 Å². The van der Waals surface area contributed by atoms with Crippen LogP contribution in [0.1, 0.15) is 30.1 Å². The van der Waals surface area contributed by atoms with Crippen molar-refractivity contribution >= 4 is 23.3 Å². The van der Waals surface area contributed by atoms with E-state index in [0.29, 0.717) is 22.9 Å². The van der Waals surface area contributed by atoms with Crippen LogP contribution in [0, 0.1) is 0 Å². The van der Waals surface area contributed by atoms with Crippen LogP contribution < -0.4 is 5.73 Å². The minimum absolute atomic E-state index is 0.355. The molecule has 0 atom stereocenters. The summed E-state index contributed by atoms with van der Waals surface area (Å²) in [6, 6.07) is 4.72. The molecule has 0 fully saturated rings. The Morgan fingerprint density at radius 3 is 2.87 bits per heavy atom. The number of nitrogens with two attached hydrogens (primary N) is 1. The zero-order valence-electron chi connectivity index (χ0n) is 8.63. The minimum Gasteiger partial charge on any atom is -0.462 e. The predicted molar refractivity (Wildman–Crippen MR) is 61.1 cm³/mol. The molecule has 0 bridgehead atoms. The molecule has 3 nitrogen and oxygen atoms in total. The monoisotopic (exact) mass is 227 g/mol. The van der Waals surface area contributed by atoms with Crippen molar-refractivity contribution in [1.82, 2.24) is 0 Å². The molecule has 0 unspecified atom stereocenters. The molecule has 1 aromatic carbocycles. The first-order chi connectivity index (χ1) is 7.15. The van der Waals surface area contributed by atoms with Gasteiger partial charge in [-0.05, 0) is 24.6 Å². The number of rotatable bonds is 4. The Bertz CT molecular complexity index is 352. The van der Waals surface area contributed by atoms with Gasteiger partial charge in [-0.15, -0.1) is 0 Å². The lowest BCUT2D eigenvalue weighted by Gasteiger charge is -2.05. The van der Waals surface area contributed by atoms with Gasteiger partial charge in [-0.1, -0.05) is 24.9 Å². The molecule has 0 radical (unpaired) electrons. The van der Waals surface area contributed by atoms with Crippen LogP contribution in [0.25, 0.3) is 0 Å². The zero-order chi connectivity index (χ0) is 11.3. The zero-order valence-corrected chi connectivity index (χ0v) is 9.38. The molecule has 0 amide bonds. The van der Waals surface area contributed by atoms with Crippen molar-refractivity contribution in [2.24, 2.45) is 0 Å². The molecule has 0 aliphatic rings. The molecule has 15 heavy (non-hydrogen) atoms. The topological polar surface area (TPSA) is 52.3 Å². The largest absolute Gasteiger partial charge is 0.462 e. The molecule has 0 aliphatic carbocycles. The molecule has 4 heteroatoms. The fourth-order valence-electron chi connectivity index (χ4n) is 1.06. The molecule has 0 aromatic heterocycles. The second-order valence-corrected chi connectivity index (χ2v) is 3.63. The summed E-state index contributed by atoms with van der Waals surface area (Å²) < 4.78 is 5.03. The highest BCUT2D eigenvalue weighted by Gasteiger charge is 2.08. The summed E-state index contributed by atoms with van der Waals surface area (Å²) in [5, 5.41) is 0.445. The second kappa shape index (κ2) is 5.61. The van der Waals surface area contributed by atoms with Gasteiger partial charge in [0.15, 0.2) is 0 Å². The standard InChI is InChI=1S/C11H14ClNO2/c1-2-3-6-15-11(14)8-4-5-9(12)10(13)7-8/h4-5,7H,2-3,6,13H2,1H3. The SMILES string of the molecule is CCCCOC(=O)c1ccc(Cl)c(N)c1. The Balaban J connectivity index is 2.62. The average Bonchev–Trinajstić information content (AvgIpc) is 2.22. The molecule has 0 spiro atoms. The molecule has 0 saturated heterocycles. The molecule has 0 aliphatic heterocycles. The summed E-state index contributed by atoms with van der Waals surface area (Å²) in [7, 11) is 0. The number of anilines is 1. The highest BCUT2D eigenvalue weighted by Crippen LogP contribution is 2.19. The van der Waals surface area contributed by atoms with Gasteiger partial charge in [-0.3, -0.25) is 0 Å². The molecule has 1 rings (SSSR count). The third kappa shape index (κ3) is 3.44. The number of carbonyl (C=O) groups excluding carboxylic acids is 1. The number of halogens is 1. The summed E-state index contributed by atoms with van der Waals surface area (Å²) in [4.78, 5) is 11.5. The van der Waals surface area contributed by atoms with Crippen LogP contribution in [0.3, 0.4) is 0 Å². The number of carbonyl (C=O) groups is 1. The van der Waals surface area contributed by atoms with Crippen molar-refractivity contribution < 1.29 is 9.53 Å². The first kappa shape index (κ1) is 11.9. The second-order valence-electron chi connectivity index (χ2n) is 3.23. The molecular formula is C11H14ClNO2. The van der Waals surface area contributed by atoms with E-state index in [9.17, 15) is 4.79 Å². The maximum Gasteiger partial charge on any atom is 0.338 e. The predicted octanol–water partition coefficient (Wildman–Crippen LogP) is 2.88. The Morgan fingerprint density at radius 2 is 2.27 bits per heavy atom. The van der Waals surface area contributed by atoms with E-state index in [2.05, 4.69) is 0 Å². The number of benzene rings is 1. The van der Waals surface area contributed by atoms with Gasteiger partial charge in [-0.25, -0.2) is 4.79 Å². The Hall–Kier alpha value is -1.22. The molecule has 82 valence electrons. The summed E-state index contributed by atoms with van der Waals surface area (Å²) in [5.74, 6) is -0.355. The van der Waals surface area contributed by atoms with Gasteiger partial charge in [-0.2, -0.15) is 0 Å². The number of unbranched alkanes of at least 4 members (excludes halogenated alkanes) is 1. The smallest absolute Gasteiger partial charge is 0.338 e. The van der Waals surface area contributed by atoms with Gasteiger partial charge in [0.1, 0.15) is 0 Å². The van der Waals surface area contributed by atoms with Crippen LogP contribution in [0.2, 0.25) is 5.02 Å². The number of ether oxygens (including phenoxy) is 1. The van der Waals surface area contributed by atoms with Crippen molar-refractivity contribution in [2.75, 3.05) is 12.3 Å². The van der Waals surface area contributed by atoms with Gasteiger partial charge in [0.05, 0.1) is 22.9 Å². The van der Waals surface area contributed by atoms with Crippen molar-refractivity contribution in [3.05, 3.63) is 28.8 Å². The first-order valence-electron chi connectivity index (χ1n) is 4.87. The lowest BCUT2D eigenvalue weighted by molar-refractivity contribution is 0.0500. The van der Waals surface area contributed by atoms with E-state index in [4.69, 9.17) is 22.1 Å². The van der Waals surface area contributed by atoms with Crippen molar-refractivity contribution in [3.8, 4) is 0 Å². The van der Waals surface area contributed by atoms with E-state index >= 15 is 0 Å². The molecular weight excluding hydrogens is 214 g/mol. The lowest BCUT2D eigenvalue weighted by atomic mass is 10.2. The van der Waals surface area contributed by atoms with Gasteiger partial charge < -0.3 is 10.5 Å². The maximum atomic E-state index is 11.5. The lowest BCUT2D eigenvalue weighted by Crippen LogP contribution is -2.06. The molecule has 0 saturated carbocycles. The van der Waals surface area contributed by atoms with Gasteiger partial charge >= 0.3 is 5.97 Å². The average molecular weight is 228 g/mol. The summed E-state index contributed by atoms with van der Waals surface area (Å²) in [6.45, 7) is 2.48. The normalized spacial score (nSPS) is 10.0. The Kier molecular flexibility index (Phi) is 4.43. The third-order valence-corrected chi connectivity index (χ3v) is 2.31. The van der Waals surface area contributed by atoms with Crippen LogP contribution >= 0.6 is 11.6 Å². The fourth-order valence-corrected chi connectivity index (χ4v) is 1.18. The van der Waals surface area contributed by atoms with Crippen molar-refractivity contribution in [1.29, 1.82) is 0 Å². The van der Waals surface area contributed by atoms with Gasteiger partial charge in [0.2, 0.25) is 0 Å². The molecule has 1 aromatic rings. The highest BCUT2D eigenvalue weighted by atomic mass is 35.5. The molecule has 0 heterocycles. The quantitative estimate of drug-likeness (QED) is 0.489. The summed E-state index contributed by atoms with van der Waals surface area (Å²) >= 11 is 5.74. The Morgan fingerprint density at radius 1 is 1.53 bits per heavy atom. The van der Waals surface area contributed by atoms with E-state index in [1.54, 1.807) is 12.1 Å².